The second-order valence-electron chi connectivity index (χ2n) is 13.1. The van der Waals surface area contributed by atoms with Crippen LogP contribution in [-0.4, -0.2) is 81.6 Å². The summed E-state index contributed by atoms with van der Waals surface area (Å²) in [6.45, 7) is 3.25. The first-order valence-electron chi connectivity index (χ1n) is 16.4. The molecular formula is C38H38Cl2N6O4. The number of likely N-dealkylation sites (tertiary alicyclic amines) is 2. The van der Waals surface area contributed by atoms with Crippen LogP contribution in [-0.2, 0) is 13.1 Å². The Kier molecular flexibility index (Phi) is 10.6. The third-order valence-corrected chi connectivity index (χ3v) is 10.3. The highest BCUT2D eigenvalue weighted by atomic mass is 35.5. The fourth-order valence-corrected chi connectivity index (χ4v) is 7.57. The van der Waals surface area contributed by atoms with Gasteiger partial charge in [0.1, 0.15) is 0 Å². The van der Waals surface area contributed by atoms with Crippen LogP contribution in [0.1, 0.15) is 36.8 Å². The lowest BCUT2D eigenvalue weighted by Gasteiger charge is -2.21. The fraction of sp³-hybridized carbons (Fsp3) is 0.368. The molecule has 12 heteroatoms. The average molecular weight is 714 g/mol. The number of nitrogens with zero attached hydrogens (tertiary/aromatic N) is 6. The Morgan fingerprint density at radius 1 is 0.680 bits per heavy atom. The molecule has 0 spiro atoms. The van der Waals surface area contributed by atoms with E-state index in [2.05, 4.69) is 21.9 Å². The first kappa shape index (κ1) is 35.6. The summed E-state index contributed by atoms with van der Waals surface area (Å²) in [7, 11) is 3.15. The molecule has 0 aliphatic carbocycles. The molecule has 2 N–H and O–H groups in total. The minimum absolute atomic E-state index is 0.105. The average Bonchev–Trinajstić information content (AvgIpc) is 3.66. The van der Waals surface area contributed by atoms with E-state index in [1.807, 2.05) is 60.7 Å². The van der Waals surface area contributed by atoms with E-state index in [0.717, 1.165) is 22.3 Å². The first-order chi connectivity index (χ1) is 24.1. The van der Waals surface area contributed by atoms with Crippen LogP contribution in [0.5, 0.6) is 11.8 Å². The van der Waals surface area contributed by atoms with Crippen molar-refractivity contribution in [3.05, 3.63) is 81.8 Å². The Bertz CT molecular complexity index is 1840. The number of hydrogen-bond acceptors (Lipinski definition) is 10. The van der Waals surface area contributed by atoms with Crippen LogP contribution in [0.2, 0.25) is 10.0 Å². The summed E-state index contributed by atoms with van der Waals surface area (Å²) in [5.41, 5.74) is 3.93. The third-order valence-electron chi connectivity index (χ3n) is 9.53. The van der Waals surface area contributed by atoms with E-state index in [9.17, 15) is 10.2 Å². The number of benzene rings is 2. The van der Waals surface area contributed by atoms with Crippen molar-refractivity contribution in [1.82, 2.24) is 19.8 Å². The highest BCUT2D eigenvalue weighted by Crippen LogP contribution is 2.43. The lowest BCUT2D eigenvalue weighted by atomic mass is 9.98. The normalized spacial score (nSPS) is 20.8. The maximum atomic E-state index is 10.7. The molecule has 4 heterocycles. The summed E-state index contributed by atoms with van der Waals surface area (Å²) >= 11 is 14.2. The van der Waals surface area contributed by atoms with Crippen molar-refractivity contribution < 1.29 is 19.7 Å². The number of pyridine rings is 2. The zero-order valence-corrected chi connectivity index (χ0v) is 29.5. The smallest absolute Gasteiger partial charge is 0.218 e. The second-order valence-corrected chi connectivity index (χ2v) is 13.9. The Morgan fingerprint density at radius 3 is 1.46 bits per heavy atom. The van der Waals surface area contributed by atoms with E-state index in [4.69, 9.17) is 53.2 Å². The van der Waals surface area contributed by atoms with Crippen LogP contribution in [0.15, 0.2) is 60.7 Å². The maximum Gasteiger partial charge on any atom is 0.218 e. The summed E-state index contributed by atoms with van der Waals surface area (Å²) in [6.07, 6.45) is 1.30. The lowest BCUT2D eigenvalue weighted by Crippen LogP contribution is -2.32. The molecular weight excluding hydrogens is 675 g/mol. The number of ether oxygens (including phenoxy) is 2. The van der Waals surface area contributed by atoms with E-state index < -0.39 is 11.2 Å². The number of methoxy groups -OCH3 is 2. The summed E-state index contributed by atoms with van der Waals surface area (Å²) < 4.78 is 11.4. The summed E-state index contributed by atoms with van der Waals surface area (Å²) in [5.74, 6) is 0.927. The molecule has 2 aromatic heterocycles. The van der Waals surface area contributed by atoms with Gasteiger partial charge < -0.3 is 19.7 Å². The Hall–Kier alpha value is -4.26. The van der Waals surface area contributed by atoms with Crippen LogP contribution < -0.4 is 9.47 Å². The van der Waals surface area contributed by atoms with Crippen molar-refractivity contribution in [2.24, 2.45) is 0 Å². The molecule has 0 saturated carbocycles. The van der Waals surface area contributed by atoms with Crippen LogP contribution in [0.4, 0.5) is 0 Å². The second kappa shape index (κ2) is 14.9. The van der Waals surface area contributed by atoms with Gasteiger partial charge in [-0.3, -0.25) is 9.80 Å². The molecule has 10 nitrogen and oxygen atoms in total. The van der Waals surface area contributed by atoms with Crippen LogP contribution in [0.3, 0.4) is 0 Å². The third kappa shape index (κ3) is 7.42. The van der Waals surface area contributed by atoms with Crippen molar-refractivity contribution in [1.29, 1.82) is 10.5 Å². The van der Waals surface area contributed by atoms with Gasteiger partial charge in [-0.2, -0.15) is 10.5 Å². The summed E-state index contributed by atoms with van der Waals surface area (Å²) in [6, 6.07) is 23.4. The topological polar surface area (TPSA) is 139 Å². The molecule has 2 fully saturated rings. The summed E-state index contributed by atoms with van der Waals surface area (Å²) in [4.78, 5) is 13.8. The molecule has 2 unspecified atom stereocenters. The van der Waals surface area contributed by atoms with Crippen molar-refractivity contribution in [3.63, 3.8) is 0 Å². The maximum absolute atomic E-state index is 10.7. The number of β-amino-alcohol motifs (C(OH)–C–C–N with tert-alkyl or cyclic N) is 2. The van der Waals surface area contributed by atoms with Gasteiger partial charge >= 0.3 is 0 Å². The molecule has 6 rings (SSSR count). The van der Waals surface area contributed by atoms with E-state index in [1.165, 1.54) is 0 Å². The van der Waals surface area contributed by atoms with E-state index in [-0.39, 0.29) is 12.8 Å². The Balaban J connectivity index is 1.25. The molecule has 2 aromatic carbocycles. The minimum atomic E-state index is -0.990. The van der Waals surface area contributed by atoms with Crippen molar-refractivity contribution in [2.45, 2.75) is 50.0 Å². The van der Waals surface area contributed by atoms with Crippen LogP contribution in [0, 0.1) is 22.7 Å². The van der Waals surface area contributed by atoms with Gasteiger partial charge in [0.2, 0.25) is 11.8 Å². The molecule has 2 saturated heterocycles. The first-order valence-corrected chi connectivity index (χ1v) is 17.1. The molecule has 258 valence electrons. The summed E-state index contributed by atoms with van der Waals surface area (Å²) in [5, 5.41) is 40.4. The largest absolute Gasteiger partial charge is 0.481 e. The number of nitriles is 2. The predicted molar refractivity (Wildman–Crippen MR) is 192 cm³/mol. The molecule has 0 bridgehead atoms. The van der Waals surface area contributed by atoms with Gasteiger partial charge in [0.25, 0.3) is 0 Å². The zero-order valence-electron chi connectivity index (χ0n) is 28.0. The molecule has 0 radical (unpaired) electrons. The Morgan fingerprint density at radius 2 is 1.08 bits per heavy atom. The van der Waals surface area contributed by atoms with E-state index >= 15 is 0 Å². The zero-order chi connectivity index (χ0) is 35.5. The SMILES string of the molecule is COc1nc(-c2cccc(-c3cccc(-c4ccc(CN5CCC(O)(CC#N)C5)c(OC)n4)c3Cl)c2Cl)ccc1CN1CCC(O)(CC#N)C1. The standard InChI is InChI=1S/C38H38Cl2N6O4/c1-49-35-25(21-45-19-15-37(47,23-45)13-17-41)9-11-31(43-35)29-7-3-5-27(33(29)39)28-6-4-8-30(34(28)40)32-12-10-26(36(44-32)50-2)22-46-20-16-38(48,24-46)14-18-42/h3-12,47-48H,13-16,19-24H2,1-2H3. The van der Waals surface area contributed by atoms with E-state index in [0.29, 0.717) is 96.4 Å². The molecule has 2 aliphatic rings. The molecule has 0 amide bonds. The highest BCUT2D eigenvalue weighted by molar-refractivity contribution is 6.39. The molecule has 50 heavy (non-hydrogen) atoms. The van der Waals surface area contributed by atoms with Crippen LogP contribution in [0.25, 0.3) is 33.6 Å². The number of aliphatic hydroxyl groups is 2. The van der Waals surface area contributed by atoms with Gasteiger partial charge in [-0.05, 0) is 25.0 Å². The lowest BCUT2D eigenvalue weighted by molar-refractivity contribution is 0.0526. The minimum Gasteiger partial charge on any atom is -0.481 e. The highest BCUT2D eigenvalue weighted by Gasteiger charge is 2.37. The Labute approximate surface area is 302 Å². The molecule has 2 atom stereocenters. The molecule has 2 aliphatic heterocycles. The number of aromatic nitrogens is 2. The van der Waals surface area contributed by atoms with Crippen molar-refractivity contribution in [2.75, 3.05) is 40.4 Å². The van der Waals surface area contributed by atoms with Gasteiger partial charge in [-0.15, -0.1) is 0 Å². The number of halogens is 2. The fourth-order valence-electron chi connectivity index (χ4n) is 6.92. The predicted octanol–water partition coefficient (Wildman–Crippen LogP) is 6.50. The van der Waals surface area contributed by atoms with Gasteiger partial charge in [0.15, 0.2) is 0 Å². The van der Waals surface area contributed by atoms with E-state index in [1.54, 1.807) is 14.2 Å². The quantitative estimate of drug-likeness (QED) is 0.177. The van der Waals surface area contributed by atoms with Crippen molar-refractivity contribution in [3.8, 4) is 57.5 Å². The number of rotatable bonds is 11. The molecule has 4 aromatic rings. The van der Waals surface area contributed by atoms with Crippen LogP contribution >= 0.6 is 23.2 Å². The van der Waals surface area contributed by atoms with Gasteiger partial charge in [0.05, 0.1) is 71.8 Å². The van der Waals surface area contributed by atoms with Gasteiger partial charge in [-0.1, -0.05) is 71.7 Å². The van der Waals surface area contributed by atoms with Crippen molar-refractivity contribution >= 4 is 23.2 Å². The number of hydrogen-bond donors (Lipinski definition) is 2. The monoisotopic (exact) mass is 712 g/mol. The van der Waals surface area contributed by atoms with Gasteiger partial charge in [-0.25, -0.2) is 9.97 Å². The van der Waals surface area contributed by atoms with Gasteiger partial charge in [0, 0.05) is 72.6 Å².